The van der Waals surface area contributed by atoms with Gasteiger partial charge in [0, 0.05) is 26.5 Å². The SMILES string of the molecule is CC[C@@H](C)Oc1c(C=Nn2c([C@@H](C)CC)nc3ccc(Br)cc3c2=O)cc(Br)cc1[N+](=O)[O-]. The van der Waals surface area contributed by atoms with Gasteiger partial charge in [0.15, 0.2) is 0 Å². The van der Waals surface area contributed by atoms with E-state index in [0.717, 1.165) is 10.9 Å². The fourth-order valence-corrected chi connectivity index (χ4v) is 3.97. The lowest BCUT2D eigenvalue weighted by molar-refractivity contribution is -0.386. The zero-order chi connectivity index (χ0) is 24.3. The monoisotopic (exact) mass is 578 g/mol. The van der Waals surface area contributed by atoms with E-state index in [2.05, 4.69) is 41.9 Å². The van der Waals surface area contributed by atoms with E-state index in [4.69, 9.17) is 4.74 Å². The largest absolute Gasteiger partial charge is 0.483 e. The normalized spacial score (nSPS) is 13.4. The molecule has 0 saturated carbocycles. The Kier molecular flexibility index (Phi) is 8.01. The Morgan fingerprint density at radius 1 is 1.18 bits per heavy atom. The molecule has 3 rings (SSSR count). The number of nitro benzene ring substituents is 1. The van der Waals surface area contributed by atoms with E-state index in [1.165, 1.54) is 17.0 Å². The quantitative estimate of drug-likeness (QED) is 0.174. The molecule has 2 atom stereocenters. The van der Waals surface area contributed by atoms with Crippen LogP contribution in [-0.2, 0) is 0 Å². The summed E-state index contributed by atoms with van der Waals surface area (Å²) in [7, 11) is 0. The van der Waals surface area contributed by atoms with Gasteiger partial charge in [-0.25, -0.2) is 4.98 Å². The number of nitrogens with zero attached hydrogens (tertiary/aromatic N) is 4. The molecule has 0 spiro atoms. The molecule has 0 unspecified atom stereocenters. The van der Waals surface area contributed by atoms with E-state index in [1.807, 2.05) is 33.8 Å². The van der Waals surface area contributed by atoms with Gasteiger partial charge in [-0.05, 0) is 44.0 Å². The van der Waals surface area contributed by atoms with Gasteiger partial charge in [0.1, 0.15) is 5.82 Å². The van der Waals surface area contributed by atoms with Gasteiger partial charge in [-0.3, -0.25) is 14.9 Å². The topological polar surface area (TPSA) is 99.6 Å². The molecule has 2 aromatic carbocycles. The van der Waals surface area contributed by atoms with Crippen molar-refractivity contribution in [1.29, 1.82) is 0 Å². The summed E-state index contributed by atoms with van der Waals surface area (Å²) in [5.74, 6) is 0.592. The van der Waals surface area contributed by atoms with Crippen molar-refractivity contribution >= 4 is 54.7 Å². The second-order valence-corrected chi connectivity index (χ2v) is 9.57. The van der Waals surface area contributed by atoms with Crippen LogP contribution in [0.15, 0.2) is 49.2 Å². The van der Waals surface area contributed by atoms with Crippen LogP contribution in [-0.4, -0.2) is 26.9 Å². The van der Waals surface area contributed by atoms with Crippen molar-refractivity contribution in [1.82, 2.24) is 9.66 Å². The molecule has 0 aliphatic carbocycles. The minimum absolute atomic E-state index is 0.0319. The maximum absolute atomic E-state index is 13.3. The lowest BCUT2D eigenvalue weighted by Crippen LogP contribution is -2.24. The Hall–Kier alpha value is -2.59. The van der Waals surface area contributed by atoms with E-state index >= 15 is 0 Å². The van der Waals surface area contributed by atoms with Crippen molar-refractivity contribution in [2.75, 3.05) is 0 Å². The predicted octanol–water partition coefficient (Wildman–Crippen LogP) is 6.40. The number of aromatic nitrogens is 2. The van der Waals surface area contributed by atoms with Crippen LogP contribution in [0.2, 0.25) is 0 Å². The summed E-state index contributed by atoms with van der Waals surface area (Å²) in [6, 6.07) is 8.39. The standard InChI is InChI=1S/C23H24Br2N4O4/c1-5-13(3)22-27-19-8-7-16(24)10-18(19)23(30)28(22)26-12-15-9-17(25)11-20(29(31)32)21(15)33-14(4)6-2/h7-14H,5-6H2,1-4H3/t13-,14+/m0/s1. The lowest BCUT2D eigenvalue weighted by atomic mass is 10.1. The Labute approximate surface area is 208 Å². The van der Waals surface area contributed by atoms with Crippen molar-refractivity contribution < 1.29 is 9.66 Å². The van der Waals surface area contributed by atoms with E-state index < -0.39 is 4.92 Å². The molecule has 0 fully saturated rings. The van der Waals surface area contributed by atoms with E-state index in [9.17, 15) is 14.9 Å². The number of fused-ring (bicyclic) bond motifs is 1. The van der Waals surface area contributed by atoms with Gasteiger partial charge in [-0.1, -0.05) is 52.6 Å². The molecular weight excluding hydrogens is 556 g/mol. The first-order valence-corrected chi connectivity index (χ1v) is 12.2. The summed E-state index contributed by atoms with van der Waals surface area (Å²) in [6.07, 6.45) is 2.60. The Morgan fingerprint density at radius 2 is 1.91 bits per heavy atom. The van der Waals surface area contributed by atoms with Crippen LogP contribution in [0.5, 0.6) is 5.75 Å². The van der Waals surface area contributed by atoms with Crippen LogP contribution < -0.4 is 10.3 Å². The summed E-state index contributed by atoms with van der Waals surface area (Å²) >= 11 is 6.72. The first-order valence-electron chi connectivity index (χ1n) is 10.6. The zero-order valence-corrected chi connectivity index (χ0v) is 21.9. The van der Waals surface area contributed by atoms with Crippen molar-refractivity contribution in [2.45, 2.75) is 52.6 Å². The highest BCUT2D eigenvalue weighted by Gasteiger charge is 2.22. The van der Waals surface area contributed by atoms with Crippen LogP contribution in [0.3, 0.4) is 0 Å². The highest BCUT2D eigenvalue weighted by molar-refractivity contribution is 9.10. The summed E-state index contributed by atoms with van der Waals surface area (Å²) in [4.78, 5) is 29.2. The Balaban J connectivity index is 2.24. The van der Waals surface area contributed by atoms with Crippen LogP contribution in [0.4, 0.5) is 5.69 Å². The minimum atomic E-state index is -0.494. The highest BCUT2D eigenvalue weighted by atomic mass is 79.9. The van der Waals surface area contributed by atoms with Gasteiger partial charge >= 0.3 is 5.69 Å². The average molecular weight is 580 g/mol. The van der Waals surface area contributed by atoms with Crippen LogP contribution in [0.25, 0.3) is 10.9 Å². The zero-order valence-electron chi connectivity index (χ0n) is 18.7. The van der Waals surface area contributed by atoms with Gasteiger partial charge in [-0.15, -0.1) is 0 Å². The first kappa shape index (κ1) is 25.0. The maximum Gasteiger partial charge on any atom is 0.312 e. The molecule has 33 heavy (non-hydrogen) atoms. The van der Waals surface area contributed by atoms with Crippen molar-refractivity contribution in [3.63, 3.8) is 0 Å². The van der Waals surface area contributed by atoms with Gasteiger partial charge in [0.05, 0.1) is 28.1 Å². The molecule has 1 aromatic heterocycles. The molecule has 10 heteroatoms. The average Bonchev–Trinajstić information content (AvgIpc) is 2.79. The number of halogens is 2. The molecule has 0 bridgehead atoms. The molecule has 174 valence electrons. The molecule has 1 heterocycles. The van der Waals surface area contributed by atoms with Crippen LogP contribution in [0.1, 0.15) is 57.8 Å². The summed E-state index contributed by atoms with van der Waals surface area (Å²) in [5.41, 5.74) is 0.472. The molecule has 0 radical (unpaired) electrons. The Morgan fingerprint density at radius 3 is 2.55 bits per heavy atom. The molecule has 3 aromatic rings. The molecule has 0 N–H and O–H groups in total. The van der Waals surface area contributed by atoms with Crippen molar-refractivity contribution in [3.8, 4) is 5.75 Å². The lowest BCUT2D eigenvalue weighted by Gasteiger charge is -2.16. The van der Waals surface area contributed by atoms with Gasteiger partial charge in [-0.2, -0.15) is 9.78 Å². The third kappa shape index (κ3) is 5.50. The van der Waals surface area contributed by atoms with E-state index in [1.54, 1.807) is 18.2 Å². The van der Waals surface area contributed by atoms with Crippen LogP contribution in [0, 0.1) is 10.1 Å². The minimum Gasteiger partial charge on any atom is -0.483 e. The third-order valence-corrected chi connectivity index (χ3v) is 6.30. The molecule has 0 aliphatic rings. The molecule has 0 aliphatic heterocycles. The highest BCUT2D eigenvalue weighted by Crippen LogP contribution is 2.35. The second-order valence-electron chi connectivity index (χ2n) is 7.74. The number of hydrogen-bond donors (Lipinski definition) is 0. The number of rotatable bonds is 8. The third-order valence-electron chi connectivity index (χ3n) is 5.35. The first-order chi connectivity index (χ1) is 15.7. The smallest absolute Gasteiger partial charge is 0.312 e. The maximum atomic E-state index is 13.3. The Bertz CT molecular complexity index is 1290. The van der Waals surface area contributed by atoms with Gasteiger partial charge in [0.25, 0.3) is 5.56 Å². The molecule has 0 amide bonds. The number of nitro groups is 1. The van der Waals surface area contributed by atoms with Crippen molar-refractivity contribution in [3.05, 3.63) is 71.1 Å². The van der Waals surface area contributed by atoms with Crippen LogP contribution >= 0.6 is 31.9 Å². The summed E-state index contributed by atoms with van der Waals surface area (Å²) < 4.78 is 8.41. The number of hydrogen-bond acceptors (Lipinski definition) is 6. The number of ether oxygens (including phenoxy) is 1. The van der Waals surface area contributed by atoms with E-state index in [0.29, 0.717) is 33.2 Å². The molecule has 8 nitrogen and oxygen atoms in total. The van der Waals surface area contributed by atoms with Crippen molar-refractivity contribution in [2.24, 2.45) is 5.10 Å². The fourth-order valence-electron chi connectivity index (χ4n) is 3.14. The number of benzene rings is 2. The fraction of sp³-hybridized carbons (Fsp3) is 0.348. The van der Waals surface area contributed by atoms with E-state index in [-0.39, 0.29) is 29.0 Å². The van der Waals surface area contributed by atoms with Gasteiger partial charge in [0.2, 0.25) is 5.75 Å². The van der Waals surface area contributed by atoms with Gasteiger partial charge < -0.3 is 4.74 Å². The molecular formula is C23H24Br2N4O4. The molecule has 0 saturated heterocycles. The summed E-state index contributed by atoms with van der Waals surface area (Å²) in [6.45, 7) is 7.75. The predicted molar refractivity (Wildman–Crippen MR) is 137 cm³/mol. The second kappa shape index (κ2) is 10.6. The summed E-state index contributed by atoms with van der Waals surface area (Å²) in [5, 5.41) is 16.5.